The molecule has 0 spiro atoms. The largest absolute Gasteiger partial charge is 0.411 e. The van der Waals surface area contributed by atoms with E-state index in [-0.39, 0.29) is 17.7 Å². The van der Waals surface area contributed by atoms with Crippen LogP contribution in [0.25, 0.3) is 11.5 Å². The number of thioether (sulfide) groups is 1. The fourth-order valence-electron chi connectivity index (χ4n) is 2.41. The maximum absolute atomic E-state index is 12.5. The van der Waals surface area contributed by atoms with E-state index in [1.54, 1.807) is 36.2 Å². The Kier molecular flexibility index (Phi) is 6.42. The lowest BCUT2D eigenvalue weighted by molar-refractivity contribution is -0.128. The number of benzene rings is 2. The molecule has 0 saturated carbocycles. The van der Waals surface area contributed by atoms with Gasteiger partial charge in [-0.3, -0.25) is 4.79 Å². The third-order valence-corrected chi connectivity index (χ3v) is 5.41. The van der Waals surface area contributed by atoms with Gasteiger partial charge in [0.25, 0.3) is 5.22 Å². The van der Waals surface area contributed by atoms with Crippen molar-refractivity contribution in [3.63, 3.8) is 0 Å². The molecule has 0 aliphatic heterocycles. The van der Waals surface area contributed by atoms with E-state index in [9.17, 15) is 4.79 Å². The molecule has 1 atom stereocenters. The summed E-state index contributed by atoms with van der Waals surface area (Å²) in [5, 5.41) is 9.62. The van der Waals surface area contributed by atoms with Crippen molar-refractivity contribution in [1.29, 1.82) is 0 Å². The van der Waals surface area contributed by atoms with Crippen molar-refractivity contribution in [3.05, 3.63) is 64.1 Å². The van der Waals surface area contributed by atoms with Gasteiger partial charge in [0.2, 0.25) is 11.8 Å². The van der Waals surface area contributed by atoms with E-state index in [1.807, 2.05) is 31.2 Å². The number of halogens is 2. The van der Waals surface area contributed by atoms with Gasteiger partial charge in [-0.25, -0.2) is 0 Å². The lowest BCUT2D eigenvalue weighted by atomic mass is 10.1. The summed E-state index contributed by atoms with van der Waals surface area (Å²) in [5.74, 6) is 0.546. The fraction of sp³-hybridized carbons (Fsp3) is 0.211. The summed E-state index contributed by atoms with van der Waals surface area (Å²) in [6.45, 7) is 1.96. The van der Waals surface area contributed by atoms with Crippen molar-refractivity contribution in [2.75, 3.05) is 12.8 Å². The maximum Gasteiger partial charge on any atom is 0.277 e. The number of amides is 1. The Hall–Kier alpha value is -2.02. The minimum absolute atomic E-state index is 0.0429. The molecule has 0 radical (unpaired) electrons. The minimum atomic E-state index is -0.0934. The lowest BCUT2D eigenvalue weighted by Crippen LogP contribution is -2.31. The maximum atomic E-state index is 12.5. The van der Waals surface area contributed by atoms with Gasteiger partial charge in [0.15, 0.2) is 0 Å². The van der Waals surface area contributed by atoms with E-state index >= 15 is 0 Å². The number of hydrogen-bond donors (Lipinski definition) is 0. The summed E-state index contributed by atoms with van der Waals surface area (Å²) < 4.78 is 5.61. The second-order valence-corrected chi connectivity index (χ2v) is 7.70. The molecule has 0 saturated heterocycles. The van der Waals surface area contributed by atoms with E-state index in [4.69, 9.17) is 27.6 Å². The quantitative estimate of drug-likeness (QED) is 0.501. The molecule has 0 N–H and O–H groups in total. The van der Waals surface area contributed by atoms with Crippen LogP contribution in [0.1, 0.15) is 18.5 Å². The molecule has 27 heavy (non-hydrogen) atoms. The van der Waals surface area contributed by atoms with E-state index < -0.39 is 0 Å². The first-order valence-electron chi connectivity index (χ1n) is 8.17. The van der Waals surface area contributed by atoms with Gasteiger partial charge < -0.3 is 9.32 Å². The molecule has 0 bridgehead atoms. The van der Waals surface area contributed by atoms with Gasteiger partial charge >= 0.3 is 0 Å². The zero-order valence-electron chi connectivity index (χ0n) is 14.7. The third kappa shape index (κ3) is 5.03. The second kappa shape index (κ2) is 8.78. The SMILES string of the molecule is CC(c1cccc(Cl)c1)N(C)C(=O)CSc1nnc(-c2ccc(Cl)cc2)o1. The summed E-state index contributed by atoms with van der Waals surface area (Å²) in [5.41, 5.74) is 1.75. The molecule has 8 heteroatoms. The zero-order chi connectivity index (χ0) is 19.4. The van der Waals surface area contributed by atoms with E-state index in [0.717, 1.165) is 11.1 Å². The Morgan fingerprint density at radius 1 is 1.15 bits per heavy atom. The highest BCUT2D eigenvalue weighted by molar-refractivity contribution is 7.99. The highest BCUT2D eigenvalue weighted by Gasteiger charge is 2.19. The predicted molar refractivity (Wildman–Crippen MR) is 108 cm³/mol. The van der Waals surface area contributed by atoms with Crippen molar-refractivity contribution in [1.82, 2.24) is 15.1 Å². The van der Waals surface area contributed by atoms with Gasteiger partial charge in [0, 0.05) is 22.7 Å². The second-order valence-electron chi connectivity index (χ2n) is 5.90. The zero-order valence-corrected chi connectivity index (χ0v) is 17.1. The molecular weight excluding hydrogens is 405 g/mol. The highest BCUT2D eigenvalue weighted by Crippen LogP contribution is 2.26. The van der Waals surface area contributed by atoms with Crippen molar-refractivity contribution in [2.24, 2.45) is 0 Å². The summed E-state index contributed by atoms with van der Waals surface area (Å²) in [4.78, 5) is 14.2. The Balaban J connectivity index is 1.59. The number of nitrogens with zero attached hydrogens (tertiary/aromatic N) is 3. The van der Waals surface area contributed by atoms with Gasteiger partial charge in [-0.2, -0.15) is 0 Å². The van der Waals surface area contributed by atoms with E-state index in [2.05, 4.69) is 10.2 Å². The molecule has 3 aromatic rings. The number of hydrogen-bond acceptors (Lipinski definition) is 5. The first-order valence-corrected chi connectivity index (χ1v) is 9.91. The van der Waals surface area contributed by atoms with Gasteiger partial charge in [-0.1, -0.05) is 47.1 Å². The third-order valence-electron chi connectivity index (χ3n) is 4.12. The van der Waals surface area contributed by atoms with Gasteiger partial charge in [-0.05, 0) is 48.9 Å². The van der Waals surface area contributed by atoms with Crippen LogP contribution in [0.4, 0.5) is 0 Å². The molecule has 1 unspecified atom stereocenters. The standard InChI is InChI=1S/C19H17Cl2N3O2S/c1-12(14-4-3-5-16(21)10-14)24(2)17(25)11-27-19-23-22-18(26-19)13-6-8-15(20)9-7-13/h3-10,12H,11H2,1-2H3. The monoisotopic (exact) mass is 421 g/mol. The van der Waals surface area contributed by atoms with Crippen LogP contribution in [-0.4, -0.2) is 33.8 Å². The van der Waals surface area contributed by atoms with Crippen LogP contribution in [0.3, 0.4) is 0 Å². The average molecular weight is 422 g/mol. The summed E-state index contributed by atoms with van der Waals surface area (Å²) in [6, 6.07) is 14.5. The van der Waals surface area contributed by atoms with Crippen molar-refractivity contribution in [2.45, 2.75) is 18.2 Å². The van der Waals surface area contributed by atoms with Crippen molar-refractivity contribution >= 4 is 40.9 Å². The number of carbonyl (C=O) groups is 1. The predicted octanol–water partition coefficient (Wildman–Crippen LogP) is 5.36. The van der Waals surface area contributed by atoms with Gasteiger partial charge in [-0.15, -0.1) is 10.2 Å². The molecule has 0 aliphatic carbocycles. The molecule has 1 aromatic heterocycles. The van der Waals surface area contributed by atoms with Gasteiger partial charge in [0.05, 0.1) is 11.8 Å². The first-order chi connectivity index (χ1) is 12.9. The Morgan fingerprint density at radius 3 is 2.59 bits per heavy atom. The molecular formula is C19H17Cl2N3O2S. The van der Waals surface area contributed by atoms with E-state index in [1.165, 1.54) is 11.8 Å². The van der Waals surface area contributed by atoms with Crippen LogP contribution in [0.15, 0.2) is 58.2 Å². The van der Waals surface area contributed by atoms with Crippen LogP contribution < -0.4 is 0 Å². The molecule has 0 aliphatic rings. The number of rotatable bonds is 6. The molecule has 1 heterocycles. The Labute approximate surface area is 171 Å². The lowest BCUT2D eigenvalue weighted by Gasteiger charge is -2.25. The molecule has 2 aromatic carbocycles. The minimum Gasteiger partial charge on any atom is -0.411 e. The van der Waals surface area contributed by atoms with Crippen molar-refractivity contribution < 1.29 is 9.21 Å². The molecule has 140 valence electrons. The Morgan fingerprint density at radius 2 is 1.89 bits per heavy atom. The normalized spacial score (nSPS) is 12.0. The van der Waals surface area contributed by atoms with Crippen LogP contribution in [0, 0.1) is 0 Å². The van der Waals surface area contributed by atoms with Crippen LogP contribution >= 0.6 is 35.0 Å². The number of carbonyl (C=O) groups excluding carboxylic acids is 1. The van der Waals surface area contributed by atoms with Crippen LogP contribution in [-0.2, 0) is 4.79 Å². The summed E-state index contributed by atoms with van der Waals surface area (Å²) >= 11 is 13.1. The van der Waals surface area contributed by atoms with Crippen molar-refractivity contribution in [3.8, 4) is 11.5 Å². The smallest absolute Gasteiger partial charge is 0.277 e. The Bertz CT molecular complexity index is 931. The van der Waals surface area contributed by atoms with Crippen LogP contribution in [0.5, 0.6) is 0 Å². The number of aromatic nitrogens is 2. The summed E-state index contributed by atoms with van der Waals surface area (Å²) in [7, 11) is 1.77. The summed E-state index contributed by atoms with van der Waals surface area (Å²) in [6.07, 6.45) is 0. The first kappa shape index (κ1) is 19.7. The molecule has 5 nitrogen and oxygen atoms in total. The highest BCUT2D eigenvalue weighted by atomic mass is 35.5. The average Bonchev–Trinajstić information content (AvgIpc) is 3.14. The topological polar surface area (TPSA) is 59.2 Å². The molecule has 0 fully saturated rings. The molecule has 1 amide bonds. The molecule has 3 rings (SSSR count). The van der Waals surface area contributed by atoms with Crippen LogP contribution in [0.2, 0.25) is 10.0 Å². The van der Waals surface area contributed by atoms with E-state index in [0.29, 0.717) is 21.2 Å². The fourth-order valence-corrected chi connectivity index (χ4v) is 3.42. The van der Waals surface area contributed by atoms with Gasteiger partial charge in [0.1, 0.15) is 0 Å².